The second kappa shape index (κ2) is 6.51. The maximum absolute atomic E-state index is 11.8. The Bertz CT molecular complexity index is 485. The molecule has 0 saturated carbocycles. The lowest BCUT2D eigenvalue weighted by Crippen LogP contribution is -2.40. The number of hydrogen-bond donors (Lipinski definition) is 2. The van der Waals surface area contributed by atoms with Gasteiger partial charge in [-0.25, -0.2) is 8.42 Å². The molecular formula is C12H18N2O3S. The number of hydrogen-bond acceptors (Lipinski definition) is 3. The smallest absolute Gasteiger partial charge is 0.241 e. The van der Waals surface area contributed by atoms with Gasteiger partial charge in [0.15, 0.2) is 0 Å². The van der Waals surface area contributed by atoms with Gasteiger partial charge in [0.1, 0.15) is 6.04 Å². The van der Waals surface area contributed by atoms with Crippen LogP contribution in [0.25, 0.3) is 0 Å². The van der Waals surface area contributed by atoms with Gasteiger partial charge in [-0.15, -0.1) is 0 Å². The topological polar surface area (TPSA) is 75.3 Å². The van der Waals surface area contributed by atoms with Gasteiger partial charge in [-0.05, 0) is 18.6 Å². The molecule has 0 spiro atoms. The SMILES string of the molecule is CC.O=C1NCC[C@@H]1NS(=O)(=O)c1ccccc1. The van der Waals surface area contributed by atoms with Gasteiger partial charge in [-0.3, -0.25) is 4.79 Å². The van der Waals surface area contributed by atoms with Crippen LogP contribution in [0.1, 0.15) is 20.3 Å². The van der Waals surface area contributed by atoms with Crippen molar-refractivity contribution in [3.8, 4) is 0 Å². The summed E-state index contributed by atoms with van der Waals surface area (Å²) < 4.78 is 26.1. The standard InChI is InChI=1S/C10H12N2O3S.C2H6/c13-10-9(6-7-11-10)12-16(14,15)8-4-2-1-3-5-8;1-2/h1-5,9,12H,6-7H2,(H,11,13);1-2H3/t9-;/m0./s1. The fourth-order valence-corrected chi connectivity index (χ4v) is 2.81. The molecule has 0 bridgehead atoms. The van der Waals surface area contributed by atoms with Crippen LogP contribution in [0.15, 0.2) is 35.2 Å². The molecule has 1 aliphatic rings. The summed E-state index contributed by atoms with van der Waals surface area (Å²) in [6, 6.07) is 7.36. The summed E-state index contributed by atoms with van der Waals surface area (Å²) in [5.41, 5.74) is 0. The fourth-order valence-electron chi connectivity index (χ4n) is 1.56. The minimum Gasteiger partial charge on any atom is -0.355 e. The molecule has 1 atom stereocenters. The maximum atomic E-state index is 11.8. The first-order chi connectivity index (χ1) is 8.59. The Balaban J connectivity index is 0.000000771. The number of sulfonamides is 1. The van der Waals surface area contributed by atoms with Gasteiger partial charge in [0.25, 0.3) is 0 Å². The summed E-state index contributed by atoms with van der Waals surface area (Å²) in [6.07, 6.45) is 0.491. The second-order valence-electron chi connectivity index (χ2n) is 3.57. The van der Waals surface area contributed by atoms with E-state index in [1.54, 1.807) is 18.2 Å². The number of benzene rings is 1. The Morgan fingerprint density at radius 3 is 2.33 bits per heavy atom. The van der Waals surface area contributed by atoms with Crippen LogP contribution in [0, 0.1) is 0 Å². The van der Waals surface area contributed by atoms with Crippen LogP contribution in [0.3, 0.4) is 0 Å². The van der Waals surface area contributed by atoms with E-state index < -0.39 is 16.1 Å². The third-order valence-electron chi connectivity index (χ3n) is 2.40. The van der Waals surface area contributed by atoms with Crippen molar-refractivity contribution < 1.29 is 13.2 Å². The number of amides is 1. The van der Waals surface area contributed by atoms with Crippen molar-refractivity contribution in [1.29, 1.82) is 0 Å². The van der Waals surface area contributed by atoms with E-state index >= 15 is 0 Å². The van der Waals surface area contributed by atoms with E-state index in [1.807, 2.05) is 13.8 Å². The van der Waals surface area contributed by atoms with Crippen molar-refractivity contribution in [3.05, 3.63) is 30.3 Å². The predicted octanol–water partition coefficient (Wildman–Crippen LogP) is 0.880. The first kappa shape index (κ1) is 14.7. The third-order valence-corrected chi connectivity index (χ3v) is 3.89. The normalized spacial score (nSPS) is 18.8. The zero-order valence-corrected chi connectivity index (χ0v) is 11.3. The molecule has 5 nitrogen and oxygen atoms in total. The minimum atomic E-state index is -3.59. The molecule has 100 valence electrons. The number of carbonyl (C=O) groups is 1. The summed E-state index contributed by atoms with van der Waals surface area (Å²) in [6.45, 7) is 4.51. The quantitative estimate of drug-likeness (QED) is 0.856. The molecule has 0 aliphatic carbocycles. The lowest BCUT2D eigenvalue weighted by atomic mass is 10.3. The molecule has 1 aliphatic heterocycles. The van der Waals surface area contributed by atoms with Crippen LogP contribution in [-0.2, 0) is 14.8 Å². The molecule has 6 heteroatoms. The first-order valence-electron chi connectivity index (χ1n) is 5.95. The van der Waals surface area contributed by atoms with Crippen molar-refractivity contribution in [2.24, 2.45) is 0 Å². The molecule has 1 saturated heterocycles. The van der Waals surface area contributed by atoms with Crippen molar-refractivity contribution in [2.75, 3.05) is 6.54 Å². The van der Waals surface area contributed by atoms with Crippen molar-refractivity contribution in [2.45, 2.75) is 31.2 Å². The largest absolute Gasteiger partial charge is 0.355 e. The number of nitrogens with one attached hydrogen (secondary N) is 2. The van der Waals surface area contributed by atoms with E-state index in [2.05, 4.69) is 10.0 Å². The third kappa shape index (κ3) is 3.54. The van der Waals surface area contributed by atoms with Crippen molar-refractivity contribution in [3.63, 3.8) is 0 Å². The fraction of sp³-hybridized carbons (Fsp3) is 0.417. The summed E-state index contributed by atoms with van der Waals surface area (Å²) >= 11 is 0. The molecule has 18 heavy (non-hydrogen) atoms. The van der Waals surface area contributed by atoms with Gasteiger partial charge < -0.3 is 5.32 Å². The lowest BCUT2D eigenvalue weighted by Gasteiger charge is -2.10. The molecular weight excluding hydrogens is 252 g/mol. The van der Waals surface area contributed by atoms with E-state index in [1.165, 1.54) is 12.1 Å². The Hall–Kier alpha value is -1.40. The molecule has 0 aromatic heterocycles. The van der Waals surface area contributed by atoms with Crippen LogP contribution >= 0.6 is 0 Å². The zero-order chi connectivity index (χ0) is 13.6. The van der Waals surface area contributed by atoms with E-state index in [-0.39, 0.29) is 10.8 Å². The molecule has 1 aromatic rings. The van der Waals surface area contributed by atoms with Crippen LogP contribution in [-0.4, -0.2) is 26.9 Å². The molecule has 2 rings (SSSR count). The van der Waals surface area contributed by atoms with Gasteiger partial charge in [-0.2, -0.15) is 4.72 Å². The van der Waals surface area contributed by atoms with Gasteiger partial charge in [0, 0.05) is 6.54 Å². The Morgan fingerprint density at radius 1 is 1.22 bits per heavy atom. The molecule has 1 fully saturated rings. The van der Waals surface area contributed by atoms with Crippen molar-refractivity contribution in [1.82, 2.24) is 10.0 Å². The highest BCUT2D eigenvalue weighted by molar-refractivity contribution is 7.89. The summed E-state index contributed by atoms with van der Waals surface area (Å²) in [5, 5.41) is 2.58. The molecule has 1 aromatic carbocycles. The number of rotatable bonds is 3. The van der Waals surface area contributed by atoms with Gasteiger partial charge in [0.2, 0.25) is 15.9 Å². The van der Waals surface area contributed by atoms with Crippen molar-refractivity contribution >= 4 is 15.9 Å². The maximum Gasteiger partial charge on any atom is 0.241 e. The summed E-state index contributed by atoms with van der Waals surface area (Å²) in [4.78, 5) is 11.4. The lowest BCUT2D eigenvalue weighted by molar-refractivity contribution is -0.120. The first-order valence-corrected chi connectivity index (χ1v) is 7.43. The van der Waals surface area contributed by atoms with Gasteiger partial charge >= 0.3 is 0 Å². The molecule has 2 N–H and O–H groups in total. The average molecular weight is 270 g/mol. The van der Waals surface area contributed by atoms with E-state index in [0.717, 1.165) is 0 Å². The van der Waals surface area contributed by atoms with E-state index in [9.17, 15) is 13.2 Å². The minimum absolute atomic E-state index is 0.176. The molecule has 0 radical (unpaired) electrons. The summed E-state index contributed by atoms with van der Waals surface area (Å²) in [7, 11) is -3.59. The zero-order valence-electron chi connectivity index (χ0n) is 10.5. The highest BCUT2D eigenvalue weighted by Gasteiger charge is 2.28. The summed E-state index contributed by atoms with van der Waals surface area (Å²) in [5.74, 6) is -0.264. The van der Waals surface area contributed by atoms with Gasteiger partial charge in [-0.1, -0.05) is 32.0 Å². The van der Waals surface area contributed by atoms with Crippen LogP contribution in [0.2, 0.25) is 0 Å². The van der Waals surface area contributed by atoms with Crippen LogP contribution in [0.5, 0.6) is 0 Å². The molecule has 1 heterocycles. The van der Waals surface area contributed by atoms with Gasteiger partial charge in [0.05, 0.1) is 4.90 Å². The molecule has 0 unspecified atom stereocenters. The monoisotopic (exact) mass is 270 g/mol. The van der Waals surface area contributed by atoms with Crippen LogP contribution in [0.4, 0.5) is 0 Å². The van der Waals surface area contributed by atoms with E-state index in [4.69, 9.17) is 0 Å². The van der Waals surface area contributed by atoms with E-state index in [0.29, 0.717) is 13.0 Å². The Labute approximate surface area is 108 Å². The Morgan fingerprint density at radius 2 is 1.83 bits per heavy atom. The highest BCUT2D eigenvalue weighted by atomic mass is 32.2. The average Bonchev–Trinajstić information content (AvgIpc) is 2.78. The highest BCUT2D eigenvalue weighted by Crippen LogP contribution is 2.10. The Kier molecular flexibility index (Phi) is 5.30. The molecule has 1 amide bonds. The van der Waals surface area contributed by atoms with Crippen LogP contribution < -0.4 is 10.0 Å². The second-order valence-corrected chi connectivity index (χ2v) is 5.28. The number of carbonyl (C=O) groups excluding carboxylic acids is 1. The predicted molar refractivity (Wildman–Crippen MR) is 69.5 cm³/mol.